The molecule has 0 aliphatic heterocycles. The Bertz CT molecular complexity index is 976. The lowest BCUT2D eigenvalue weighted by Crippen LogP contribution is -2.19. The van der Waals surface area contributed by atoms with Crippen molar-refractivity contribution in [3.63, 3.8) is 0 Å². The predicted molar refractivity (Wildman–Crippen MR) is 80.0 cm³/mol. The molecule has 0 atom stereocenters. The third-order valence-corrected chi connectivity index (χ3v) is 3.27. The number of nitrogens with zero attached hydrogens (tertiary/aromatic N) is 3. The Morgan fingerprint density at radius 1 is 1.14 bits per heavy atom. The van der Waals surface area contributed by atoms with Crippen molar-refractivity contribution in [1.82, 2.24) is 9.78 Å². The average Bonchev–Trinajstić information content (AvgIpc) is 2.90. The maximum Gasteiger partial charge on any atom is 0.422 e. The number of carbonyl (C=O) groups excluding carboxylic acids is 1. The first-order valence-corrected chi connectivity index (χ1v) is 7.10. The van der Waals surface area contributed by atoms with E-state index in [-0.39, 0.29) is 4.68 Å². The zero-order valence-corrected chi connectivity index (χ0v) is 14.1. The van der Waals surface area contributed by atoms with Crippen molar-refractivity contribution in [3.05, 3.63) is 38.9 Å². The van der Waals surface area contributed by atoms with E-state index in [2.05, 4.69) is 9.94 Å². The zero-order chi connectivity index (χ0) is 22.3. The lowest BCUT2D eigenvalue weighted by molar-refractivity contribution is -0.383. The number of alkyl halides is 3. The van der Waals surface area contributed by atoms with Gasteiger partial charge in [-0.1, -0.05) is 0 Å². The molecular weight excluding hydrogens is 423 g/mol. The molecular formula is C13H8F7N5O4. The van der Waals surface area contributed by atoms with Gasteiger partial charge in [0, 0.05) is 6.92 Å². The minimum Gasteiger partial charge on any atom is -0.304 e. The molecule has 1 amide bonds. The molecule has 0 saturated heterocycles. The molecule has 29 heavy (non-hydrogen) atoms. The fourth-order valence-electron chi connectivity index (χ4n) is 2.24. The van der Waals surface area contributed by atoms with Crippen molar-refractivity contribution in [2.45, 2.75) is 13.1 Å². The van der Waals surface area contributed by atoms with Gasteiger partial charge in [-0.05, 0) is 0 Å². The van der Waals surface area contributed by atoms with Crippen LogP contribution in [0.25, 0.3) is 5.69 Å². The van der Waals surface area contributed by atoms with E-state index in [0.717, 1.165) is 14.0 Å². The number of benzene rings is 1. The van der Waals surface area contributed by atoms with E-state index in [9.17, 15) is 45.6 Å². The number of carbonyl (C=O) groups is 1. The van der Waals surface area contributed by atoms with E-state index in [1.807, 2.05) is 5.32 Å². The summed E-state index contributed by atoms with van der Waals surface area (Å²) in [6, 6.07) is 0. The van der Waals surface area contributed by atoms with Gasteiger partial charge in [0.15, 0.2) is 23.3 Å². The van der Waals surface area contributed by atoms with E-state index in [1.165, 1.54) is 0 Å². The molecule has 1 aromatic heterocycles. The fraction of sp³-hybridized carbons (Fsp3) is 0.231. The highest BCUT2D eigenvalue weighted by atomic mass is 19.4. The Labute approximate surface area is 155 Å². The first kappa shape index (κ1) is 21.9. The quantitative estimate of drug-likeness (QED) is 0.325. The summed E-state index contributed by atoms with van der Waals surface area (Å²) in [5, 5.41) is 16.3. The molecule has 1 heterocycles. The van der Waals surface area contributed by atoms with E-state index in [1.54, 1.807) is 5.48 Å². The van der Waals surface area contributed by atoms with Crippen LogP contribution in [0.1, 0.15) is 12.5 Å². The second-order valence-electron chi connectivity index (χ2n) is 5.18. The minimum absolute atomic E-state index is 0.163. The minimum atomic E-state index is -5.79. The predicted octanol–water partition coefficient (Wildman–Crippen LogP) is 3.29. The lowest BCUT2D eigenvalue weighted by atomic mass is 10.1. The molecule has 0 bridgehead atoms. The molecule has 1 aromatic carbocycles. The highest BCUT2D eigenvalue weighted by Gasteiger charge is 2.44. The first-order chi connectivity index (χ1) is 13.3. The van der Waals surface area contributed by atoms with Crippen molar-refractivity contribution in [2.75, 3.05) is 17.9 Å². The van der Waals surface area contributed by atoms with Gasteiger partial charge in [0.1, 0.15) is 11.3 Å². The van der Waals surface area contributed by atoms with Gasteiger partial charge in [-0.25, -0.2) is 27.7 Å². The van der Waals surface area contributed by atoms with Crippen LogP contribution in [0, 0.1) is 33.4 Å². The molecule has 0 spiro atoms. The molecule has 0 saturated carbocycles. The van der Waals surface area contributed by atoms with Crippen molar-refractivity contribution >= 4 is 23.2 Å². The van der Waals surface area contributed by atoms with Gasteiger partial charge in [0.2, 0.25) is 17.5 Å². The Hall–Kier alpha value is -3.43. The first-order valence-electron chi connectivity index (χ1n) is 7.10. The summed E-state index contributed by atoms with van der Waals surface area (Å²) in [5.41, 5.74) is -4.12. The normalized spacial score (nSPS) is 11.5. The van der Waals surface area contributed by atoms with Crippen LogP contribution in [0.3, 0.4) is 0 Å². The number of nitrogens with one attached hydrogen (secondary N) is 2. The lowest BCUT2D eigenvalue weighted by Gasteiger charge is -2.15. The van der Waals surface area contributed by atoms with E-state index in [0.29, 0.717) is 0 Å². The summed E-state index contributed by atoms with van der Waals surface area (Å²) < 4.78 is 94.3. The standard InChI is InChI=1S/C13H8F7N5O4/c1-3(26)21-11-10(25(27)28)12(23-29-2)24(22-11)9-7(16)5(14)4(13(18,19)20)6(15)8(9)17/h23H,1-2H3,(H,21,22,26). The summed E-state index contributed by atoms with van der Waals surface area (Å²) >= 11 is 0. The summed E-state index contributed by atoms with van der Waals surface area (Å²) in [6.07, 6.45) is -5.79. The number of anilines is 2. The molecule has 0 aliphatic rings. The van der Waals surface area contributed by atoms with Gasteiger partial charge in [0.25, 0.3) is 0 Å². The van der Waals surface area contributed by atoms with Crippen LogP contribution in [0.2, 0.25) is 0 Å². The Morgan fingerprint density at radius 2 is 1.66 bits per heavy atom. The number of amides is 1. The smallest absolute Gasteiger partial charge is 0.304 e. The van der Waals surface area contributed by atoms with Gasteiger partial charge in [-0.2, -0.15) is 13.2 Å². The SMILES string of the molecule is CONc1c([N+](=O)[O-])c(NC(C)=O)nn1-c1c(F)c(F)c(C(F)(F)F)c(F)c1F. The van der Waals surface area contributed by atoms with Crippen molar-refractivity contribution in [2.24, 2.45) is 0 Å². The average molecular weight is 431 g/mol. The molecule has 9 nitrogen and oxygen atoms in total. The van der Waals surface area contributed by atoms with Crippen LogP contribution in [-0.4, -0.2) is 27.7 Å². The molecule has 0 fully saturated rings. The fourth-order valence-corrected chi connectivity index (χ4v) is 2.24. The Balaban J connectivity index is 2.94. The molecule has 0 aliphatic carbocycles. The number of hydrogen-bond donors (Lipinski definition) is 2. The number of halogens is 7. The van der Waals surface area contributed by atoms with Crippen LogP contribution in [-0.2, 0) is 15.8 Å². The molecule has 0 radical (unpaired) electrons. The second-order valence-corrected chi connectivity index (χ2v) is 5.18. The zero-order valence-electron chi connectivity index (χ0n) is 14.1. The molecule has 2 rings (SSSR count). The van der Waals surface area contributed by atoms with Gasteiger partial charge in [-0.15, -0.1) is 5.10 Å². The highest BCUT2D eigenvalue weighted by molar-refractivity contribution is 5.92. The Kier molecular flexibility index (Phi) is 5.68. The summed E-state index contributed by atoms with van der Waals surface area (Å²) in [7, 11) is 0.875. The van der Waals surface area contributed by atoms with Crippen LogP contribution in [0.5, 0.6) is 0 Å². The molecule has 0 unspecified atom stereocenters. The third kappa shape index (κ3) is 3.78. The van der Waals surface area contributed by atoms with Crippen molar-refractivity contribution in [1.29, 1.82) is 0 Å². The topological polar surface area (TPSA) is 111 Å². The number of nitro groups is 1. The second kappa shape index (κ2) is 7.53. The van der Waals surface area contributed by atoms with Crippen LogP contribution in [0.15, 0.2) is 0 Å². The van der Waals surface area contributed by atoms with Gasteiger partial charge in [0.05, 0.1) is 12.0 Å². The van der Waals surface area contributed by atoms with Crippen molar-refractivity contribution < 1.29 is 45.3 Å². The molecule has 158 valence electrons. The number of hydrogen-bond acceptors (Lipinski definition) is 6. The number of aromatic nitrogens is 2. The van der Waals surface area contributed by atoms with Crippen LogP contribution in [0.4, 0.5) is 48.1 Å². The molecule has 16 heteroatoms. The number of rotatable bonds is 5. The Morgan fingerprint density at radius 3 is 2.03 bits per heavy atom. The van der Waals surface area contributed by atoms with Gasteiger partial charge < -0.3 is 5.32 Å². The van der Waals surface area contributed by atoms with Crippen molar-refractivity contribution in [3.8, 4) is 5.69 Å². The van der Waals surface area contributed by atoms with E-state index in [4.69, 9.17) is 0 Å². The van der Waals surface area contributed by atoms with Crippen LogP contribution >= 0.6 is 0 Å². The monoisotopic (exact) mass is 431 g/mol. The van der Waals surface area contributed by atoms with E-state index < -0.39 is 68.8 Å². The molecule has 2 N–H and O–H groups in total. The third-order valence-electron chi connectivity index (χ3n) is 3.27. The highest BCUT2D eigenvalue weighted by Crippen LogP contribution is 2.41. The van der Waals surface area contributed by atoms with E-state index >= 15 is 0 Å². The summed E-state index contributed by atoms with van der Waals surface area (Å²) in [6.45, 7) is 0.880. The van der Waals surface area contributed by atoms with Gasteiger partial charge in [-0.3, -0.25) is 19.7 Å². The largest absolute Gasteiger partial charge is 0.422 e. The van der Waals surface area contributed by atoms with Crippen LogP contribution < -0.4 is 10.8 Å². The molecule has 2 aromatic rings. The summed E-state index contributed by atoms with van der Waals surface area (Å²) in [5.74, 6) is -13.7. The maximum atomic E-state index is 14.3. The maximum absolute atomic E-state index is 14.3. The summed E-state index contributed by atoms with van der Waals surface area (Å²) in [4.78, 5) is 25.6. The van der Waals surface area contributed by atoms with Gasteiger partial charge >= 0.3 is 11.9 Å².